The molecule has 2 N–H and O–H groups in total. The summed E-state index contributed by atoms with van der Waals surface area (Å²) >= 11 is 15.6. The summed E-state index contributed by atoms with van der Waals surface area (Å²) in [6.45, 7) is 0.254. The maximum absolute atomic E-state index is 13.1. The van der Waals surface area contributed by atoms with E-state index in [-0.39, 0.29) is 22.7 Å². The third-order valence-electron chi connectivity index (χ3n) is 5.01. The van der Waals surface area contributed by atoms with Crippen molar-refractivity contribution in [2.75, 3.05) is 4.72 Å². The summed E-state index contributed by atoms with van der Waals surface area (Å²) in [5.41, 5.74) is 1.07. The summed E-state index contributed by atoms with van der Waals surface area (Å²) < 4.78 is 35.2. The highest BCUT2D eigenvalue weighted by molar-refractivity contribution is 9.10. The molecule has 0 aliphatic rings. The number of sulfonamides is 1. The van der Waals surface area contributed by atoms with Crippen LogP contribution in [-0.4, -0.2) is 14.3 Å². The molecular formula is C26H19BrCl2N2O4S. The molecule has 0 bridgehead atoms. The van der Waals surface area contributed by atoms with Crippen molar-refractivity contribution in [1.82, 2.24) is 5.32 Å². The molecule has 0 atom stereocenters. The first kappa shape index (κ1) is 26.0. The average Bonchev–Trinajstić information content (AvgIpc) is 2.85. The minimum Gasteiger partial charge on any atom is -0.456 e. The van der Waals surface area contributed by atoms with Crippen molar-refractivity contribution in [3.63, 3.8) is 0 Å². The maximum Gasteiger partial charge on any atom is 0.261 e. The van der Waals surface area contributed by atoms with Gasteiger partial charge in [-0.15, -0.1) is 0 Å². The standard InChI is InChI=1S/C26H19BrCl2N2O4S/c27-18-5-3-4-17(14-18)16-30-26(32)22-15-19(28)8-13-24(22)31-36(33,34)21-11-9-20(10-12-21)35-25-7-2-1-6-23(25)29/h1-15,31H,16H2,(H,30,32). The average molecular weight is 606 g/mol. The lowest BCUT2D eigenvalue weighted by Crippen LogP contribution is -2.25. The van der Waals surface area contributed by atoms with Crippen LogP contribution in [0.3, 0.4) is 0 Å². The van der Waals surface area contributed by atoms with Gasteiger partial charge in [0.15, 0.2) is 0 Å². The quantitative estimate of drug-likeness (QED) is 0.221. The zero-order valence-electron chi connectivity index (χ0n) is 18.5. The second-order valence-electron chi connectivity index (χ2n) is 7.61. The van der Waals surface area contributed by atoms with Gasteiger partial charge in [-0.2, -0.15) is 0 Å². The van der Waals surface area contributed by atoms with Crippen LogP contribution >= 0.6 is 39.1 Å². The van der Waals surface area contributed by atoms with E-state index in [2.05, 4.69) is 26.0 Å². The number of rotatable bonds is 8. The van der Waals surface area contributed by atoms with E-state index in [4.69, 9.17) is 27.9 Å². The van der Waals surface area contributed by atoms with Gasteiger partial charge in [-0.3, -0.25) is 9.52 Å². The lowest BCUT2D eigenvalue weighted by Gasteiger charge is -2.14. The first-order valence-corrected chi connectivity index (χ1v) is 13.6. The van der Waals surface area contributed by atoms with Crippen LogP contribution in [0.15, 0.2) is 100 Å². The number of ether oxygens (including phenoxy) is 1. The van der Waals surface area contributed by atoms with Gasteiger partial charge in [0.05, 0.1) is 21.2 Å². The number of nitrogens with one attached hydrogen (secondary N) is 2. The van der Waals surface area contributed by atoms with Crippen LogP contribution in [0.25, 0.3) is 0 Å². The summed E-state index contributed by atoms with van der Waals surface area (Å²) in [4.78, 5) is 12.9. The zero-order valence-corrected chi connectivity index (χ0v) is 22.5. The van der Waals surface area contributed by atoms with Gasteiger partial charge < -0.3 is 10.1 Å². The number of amides is 1. The molecule has 10 heteroatoms. The molecule has 1 amide bonds. The molecular weight excluding hydrogens is 587 g/mol. The Kier molecular flexibility index (Phi) is 8.21. The minimum absolute atomic E-state index is 0.00977. The third-order valence-corrected chi connectivity index (χ3v) is 7.43. The number of anilines is 1. The van der Waals surface area contributed by atoms with E-state index >= 15 is 0 Å². The fraction of sp³-hybridized carbons (Fsp3) is 0.0385. The van der Waals surface area contributed by atoms with Gasteiger partial charge in [-0.25, -0.2) is 8.42 Å². The van der Waals surface area contributed by atoms with Crippen molar-refractivity contribution in [3.05, 3.63) is 117 Å². The van der Waals surface area contributed by atoms with Crippen molar-refractivity contribution >= 4 is 60.7 Å². The van der Waals surface area contributed by atoms with Crippen LogP contribution in [0.5, 0.6) is 11.5 Å². The van der Waals surface area contributed by atoms with Crippen molar-refractivity contribution in [3.8, 4) is 11.5 Å². The summed E-state index contributed by atoms with van der Waals surface area (Å²) in [6.07, 6.45) is 0. The van der Waals surface area contributed by atoms with Crippen LogP contribution in [0.2, 0.25) is 10.0 Å². The molecule has 4 aromatic rings. The monoisotopic (exact) mass is 604 g/mol. The number of hydrogen-bond acceptors (Lipinski definition) is 4. The van der Waals surface area contributed by atoms with Gasteiger partial charge in [-0.05, 0) is 72.3 Å². The lowest BCUT2D eigenvalue weighted by molar-refractivity contribution is 0.0952. The first-order valence-electron chi connectivity index (χ1n) is 10.6. The van der Waals surface area contributed by atoms with Crippen molar-refractivity contribution in [2.24, 2.45) is 0 Å². The molecule has 0 aromatic heterocycles. The summed E-state index contributed by atoms with van der Waals surface area (Å²) in [6, 6.07) is 24.6. The van der Waals surface area contributed by atoms with Gasteiger partial charge in [0.1, 0.15) is 11.5 Å². The van der Waals surface area contributed by atoms with Crippen molar-refractivity contribution < 1.29 is 17.9 Å². The smallest absolute Gasteiger partial charge is 0.261 e. The summed E-state index contributed by atoms with van der Waals surface area (Å²) in [5.74, 6) is 0.396. The fourth-order valence-corrected chi connectivity index (χ4v) is 5.14. The number of carbonyl (C=O) groups is 1. The van der Waals surface area contributed by atoms with Crippen LogP contribution in [0, 0.1) is 0 Å². The Morgan fingerprint density at radius 2 is 1.64 bits per heavy atom. The van der Waals surface area contributed by atoms with Gasteiger partial charge in [0.25, 0.3) is 15.9 Å². The molecule has 0 saturated carbocycles. The molecule has 4 rings (SSSR count). The van der Waals surface area contributed by atoms with E-state index in [1.165, 1.54) is 42.5 Å². The van der Waals surface area contributed by atoms with Crippen LogP contribution in [0.1, 0.15) is 15.9 Å². The highest BCUT2D eigenvalue weighted by Crippen LogP contribution is 2.30. The Balaban J connectivity index is 1.51. The summed E-state index contributed by atoms with van der Waals surface area (Å²) in [5, 5.41) is 3.52. The molecule has 184 valence electrons. The van der Waals surface area contributed by atoms with Crippen LogP contribution in [-0.2, 0) is 16.6 Å². The largest absolute Gasteiger partial charge is 0.456 e. The maximum atomic E-state index is 13.1. The minimum atomic E-state index is -4.01. The molecule has 0 radical (unpaired) electrons. The van der Waals surface area contributed by atoms with E-state index in [1.807, 2.05) is 24.3 Å². The van der Waals surface area contributed by atoms with Crippen molar-refractivity contribution in [2.45, 2.75) is 11.4 Å². The second-order valence-corrected chi connectivity index (χ2v) is 11.1. The van der Waals surface area contributed by atoms with Gasteiger partial charge >= 0.3 is 0 Å². The van der Waals surface area contributed by atoms with Gasteiger partial charge in [-0.1, -0.05) is 63.4 Å². The molecule has 36 heavy (non-hydrogen) atoms. The predicted molar refractivity (Wildman–Crippen MR) is 146 cm³/mol. The molecule has 0 spiro atoms. The number of halogens is 3. The Hall–Kier alpha value is -3.04. The third kappa shape index (κ3) is 6.59. The molecule has 6 nitrogen and oxygen atoms in total. The summed E-state index contributed by atoms with van der Waals surface area (Å²) in [7, 11) is -4.01. The lowest BCUT2D eigenvalue weighted by atomic mass is 10.1. The topological polar surface area (TPSA) is 84.5 Å². The van der Waals surface area contributed by atoms with Gasteiger partial charge in [0, 0.05) is 16.0 Å². The Morgan fingerprint density at radius 3 is 2.36 bits per heavy atom. The Morgan fingerprint density at radius 1 is 0.889 bits per heavy atom. The first-order chi connectivity index (χ1) is 17.2. The molecule has 0 unspecified atom stereocenters. The highest BCUT2D eigenvalue weighted by Gasteiger charge is 2.20. The SMILES string of the molecule is O=C(NCc1cccc(Br)c1)c1cc(Cl)ccc1NS(=O)(=O)c1ccc(Oc2ccccc2Cl)cc1. The molecule has 0 fully saturated rings. The van der Waals surface area contributed by atoms with Crippen LogP contribution < -0.4 is 14.8 Å². The number of para-hydroxylation sites is 1. The highest BCUT2D eigenvalue weighted by atomic mass is 79.9. The van der Waals surface area contributed by atoms with E-state index in [0.717, 1.165) is 10.0 Å². The molecule has 0 heterocycles. The fourth-order valence-electron chi connectivity index (χ4n) is 3.26. The van der Waals surface area contributed by atoms with Gasteiger partial charge in [0.2, 0.25) is 0 Å². The van der Waals surface area contributed by atoms with E-state index < -0.39 is 15.9 Å². The Labute approximate surface area is 227 Å². The second kappa shape index (κ2) is 11.3. The zero-order chi connectivity index (χ0) is 25.7. The molecule has 0 aliphatic carbocycles. The molecule has 0 saturated heterocycles. The van der Waals surface area contributed by atoms with E-state index in [1.54, 1.807) is 24.3 Å². The number of carbonyl (C=O) groups excluding carboxylic acids is 1. The normalized spacial score (nSPS) is 11.1. The van der Waals surface area contributed by atoms with Crippen molar-refractivity contribution in [1.29, 1.82) is 0 Å². The number of benzene rings is 4. The molecule has 4 aromatic carbocycles. The molecule has 0 aliphatic heterocycles. The Bertz CT molecular complexity index is 1510. The van der Waals surface area contributed by atoms with E-state index in [9.17, 15) is 13.2 Å². The van der Waals surface area contributed by atoms with Crippen LogP contribution in [0.4, 0.5) is 5.69 Å². The predicted octanol–water partition coefficient (Wildman–Crippen LogP) is 7.28. The number of hydrogen-bond donors (Lipinski definition) is 2. The van der Waals surface area contributed by atoms with E-state index in [0.29, 0.717) is 21.5 Å².